The number of amides is 1. The van der Waals surface area contributed by atoms with Crippen LogP contribution >= 0.6 is 0 Å². The number of esters is 1. The molecule has 6 heteroatoms. The van der Waals surface area contributed by atoms with E-state index >= 15 is 0 Å². The van der Waals surface area contributed by atoms with Crippen molar-refractivity contribution in [2.24, 2.45) is 0 Å². The molecule has 1 heterocycles. The van der Waals surface area contributed by atoms with Crippen LogP contribution in [0.25, 0.3) is 0 Å². The number of carbonyl (C=O) groups excluding carboxylic acids is 2. The van der Waals surface area contributed by atoms with Crippen molar-refractivity contribution >= 4 is 11.9 Å². The van der Waals surface area contributed by atoms with Gasteiger partial charge in [-0.05, 0) is 31.9 Å². The zero-order valence-electron chi connectivity index (χ0n) is 13.4. The van der Waals surface area contributed by atoms with Gasteiger partial charge >= 0.3 is 5.97 Å². The molecule has 1 atom stereocenters. The topological polar surface area (TPSA) is 88.5 Å². The zero-order valence-corrected chi connectivity index (χ0v) is 13.4. The highest BCUT2D eigenvalue weighted by molar-refractivity contribution is 5.97. The Bertz CT molecular complexity index is 517. The number of rotatable bonds is 8. The number of nitrogens with zero attached hydrogens (tertiary/aromatic N) is 1. The third-order valence-electron chi connectivity index (χ3n) is 3.28. The molecule has 1 amide bonds. The third kappa shape index (κ3) is 5.35. The van der Waals surface area contributed by atoms with Crippen LogP contribution in [0.1, 0.15) is 55.6 Å². The van der Waals surface area contributed by atoms with Gasteiger partial charge in [0, 0.05) is 6.20 Å². The lowest BCUT2D eigenvalue weighted by molar-refractivity contribution is -0.145. The summed E-state index contributed by atoms with van der Waals surface area (Å²) >= 11 is 0. The van der Waals surface area contributed by atoms with Crippen molar-refractivity contribution in [2.45, 2.75) is 52.5 Å². The van der Waals surface area contributed by atoms with Gasteiger partial charge < -0.3 is 15.2 Å². The van der Waals surface area contributed by atoms with E-state index in [-0.39, 0.29) is 11.4 Å². The van der Waals surface area contributed by atoms with Gasteiger partial charge in [-0.2, -0.15) is 0 Å². The molecular weight excluding hydrogens is 284 g/mol. The van der Waals surface area contributed by atoms with Gasteiger partial charge in [0.05, 0.1) is 6.61 Å². The first-order chi connectivity index (χ1) is 10.5. The molecule has 0 spiro atoms. The number of nitrogens with one attached hydrogen (secondary N) is 1. The summed E-state index contributed by atoms with van der Waals surface area (Å²) in [6, 6.07) is 0.806. The van der Waals surface area contributed by atoms with Crippen molar-refractivity contribution in [3.63, 3.8) is 0 Å². The number of aromatic hydroxyl groups is 1. The van der Waals surface area contributed by atoms with Crippen LogP contribution in [0.5, 0.6) is 5.75 Å². The minimum atomic E-state index is -0.791. The maximum atomic E-state index is 12.0. The molecular formula is C16H24N2O4. The second-order valence-electron chi connectivity index (χ2n) is 5.25. The second-order valence-corrected chi connectivity index (χ2v) is 5.25. The van der Waals surface area contributed by atoms with Crippen LogP contribution in [0.3, 0.4) is 0 Å². The Balaban J connectivity index is 2.46. The van der Waals surface area contributed by atoms with Crippen LogP contribution < -0.4 is 5.32 Å². The molecule has 0 fully saturated rings. The van der Waals surface area contributed by atoms with Crippen LogP contribution in [-0.4, -0.2) is 34.6 Å². The average molecular weight is 308 g/mol. The van der Waals surface area contributed by atoms with E-state index in [1.165, 1.54) is 6.20 Å². The van der Waals surface area contributed by atoms with Gasteiger partial charge in [0.2, 0.25) is 0 Å². The largest absolute Gasteiger partial charge is 0.505 e. The molecule has 0 aliphatic heterocycles. The molecule has 0 bridgehead atoms. The van der Waals surface area contributed by atoms with Crippen LogP contribution in [0.15, 0.2) is 12.3 Å². The molecule has 0 aromatic carbocycles. The first-order valence-electron chi connectivity index (χ1n) is 7.59. The molecule has 1 unspecified atom stereocenters. The van der Waals surface area contributed by atoms with Gasteiger partial charge in [0.15, 0.2) is 5.69 Å². The first-order valence-corrected chi connectivity index (χ1v) is 7.59. The molecule has 0 aliphatic rings. The van der Waals surface area contributed by atoms with E-state index in [4.69, 9.17) is 4.74 Å². The Hall–Kier alpha value is -2.11. The highest BCUT2D eigenvalue weighted by atomic mass is 16.5. The Labute approximate surface area is 130 Å². The smallest absolute Gasteiger partial charge is 0.328 e. The molecule has 1 rings (SSSR count). The molecule has 0 radical (unpaired) electrons. The quantitative estimate of drug-likeness (QED) is 0.568. The van der Waals surface area contributed by atoms with Crippen molar-refractivity contribution in [1.29, 1.82) is 0 Å². The highest BCUT2D eigenvalue weighted by Crippen LogP contribution is 2.18. The van der Waals surface area contributed by atoms with E-state index in [9.17, 15) is 14.7 Å². The summed E-state index contributed by atoms with van der Waals surface area (Å²) in [6.07, 6.45) is 5.50. The first kappa shape index (κ1) is 17.9. The summed E-state index contributed by atoms with van der Waals surface area (Å²) in [4.78, 5) is 27.6. The normalized spacial score (nSPS) is 11.8. The third-order valence-corrected chi connectivity index (χ3v) is 3.28. The van der Waals surface area contributed by atoms with Crippen molar-refractivity contribution in [1.82, 2.24) is 10.3 Å². The monoisotopic (exact) mass is 308 g/mol. The highest BCUT2D eigenvalue weighted by Gasteiger charge is 2.21. The van der Waals surface area contributed by atoms with Gasteiger partial charge in [-0.3, -0.25) is 4.79 Å². The van der Waals surface area contributed by atoms with E-state index < -0.39 is 17.9 Å². The second kappa shape index (κ2) is 9.02. The number of aromatic nitrogens is 1. The number of carbonyl (C=O) groups is 2. The van der Waals surface area contributed by atoms with Gasteiger partial charge in [-0.1, -0.05) is 26.2 Å². The summed E-state index contributed by atoms with van der Waals surface area (Å²) < 4.78 is 5.10. The number of unbranched alkanes of at least 4 members (excludes halogenated alkanes) is 3. The van der Waals surface area contributed by atoms with Crippen molar-refractivity contribution in [3.05, 3.63) is 23.5 Å². The molecule has 0 aliphatic carbocycles. The van der Waals surface area contributed by atoms with Gasteiger partial charge in [-0.25, -0.2) is 9.78 Å². The summed E-state index contributed by atoms with van der Waals surface area (Å²) in [5, 5.41) is 12.3. The molecule has 0 saturated carbocycles. The van der Waals surface area contributed by atoms with Crippen LogP contribution in [0.2, 0.25) is 0 Å². The molecule has 22 heavy (non-hydrogen) atoms. The predicted molar refractivity (Wildman–Crippen MR) is 82.7 cm³/mol. The van der Waals surface area contributed by atoms with Crippen LogP contribution in [-0.2, 0) is 9.53 Å². The van der Waals surface area contributed by atoms with E-state index in [1.807, 2.05) is 0 Å². The lowest BCUT2D eigenvalue weighted by atomic mass is 10.2. The predicted octanol–water partition coefficient (Wildman–Crippen LogP) is 2.34. The minimum absolute atomic E-state index is 0.0948. The van der Waals surface area contributed by atoms with E-state index in [0.717, 1.165) is 25.7 Å². The fourth-order valence-corrected chi connectivity index (χ4v) is 1.87. The lowest BCUT2D eigenvalue weighted by Crippen LogP contribution is -2.40. The molecule has 122 valence electrons. The molecule has 1 aromatic rings. The van der Waals surface area contributed by atoms with E-state index in [1.54, 1.807) is 19.9 Å². The van der Waals surface area contributed by atoms with Gasteiger partial charge in [0.25, 0.3) is 5.91 Å². The Kier molecular flexibility index (Phi) is 7.36. The summed E-state index contributed by atoms with van der Waals surface area (Å²) in [6.45, 7) is 5.67. The summed E-state index contributed by atoms with van der Waals surface area (Å²) in [5.41, 5.74) is 0.453. The maximum absolute atomic E-state index is 12.0. The van der Waals surface area contributed by atoms with Crippen molar-refractivity contribution < 1.29 is 19.4 Å². The van der Waals surface area contributed by atoms with Gasteiger partial charge in [0.1, 0.15) is 11.8 Å². The Morgan fingerprint density at radius 3 is 2.77 bits per heavy atom. The van der Waals surface area contributed by atoms with Gasteiger partial charge in [-0.15, -0.1) is 0 Å². The van der Waals surface area contributed by atoms with E-state index in [0.29, 0.717) is 12.2 Å². The molecule has 1 aromatic heterocycles. The lowest BCUT2D eigenvalue weighted by Gasteiger charge is -2.14. The standard InChI is InChI=1S/C16H24N2O4/c1-4-5-6-7-10-22-16(21)12(3)18-15(20)13-14(19)11(2)8-9-17-13/h8-9,12,19H,4-7,10H2,1-3H3,(H,18,20). The van der Waals surface area contributed by atoms with Crippen molar-refractivity contribution in [2.75, 3.05) is 6.61 Å². The average Bonchev–Trinajstić information content (AvgIpc) is 2.49. The maximum Gasteiger partial charge on any atom is 0.328 e. The van der Waals surface area contributed by atoms with Crippen LogP contribution in [0.4, 0.5) is 0 Å². The number of ether oxygens (including phenoxy) is 1. The minimum Gasteiger partial charge on any atom is -0.505 e. The Morgan fingerprint density at radius 1 is 1.36 bits per heavy atom. The number of hydrogen-bond acceptors (Lipinski definition) is 5. The number of pyridine rings is 1. The molecule has 0 saturated heterocycles. The molecule has 2 N–H and O–H groups in total. The fraction of sp³-hybridized carbons (Fsp3) is 0.562. The fourth-order valence-electron chi connectivity index (χ4n) is 1.87. The zero-order chi connectivity index (χ0) is 16.5. The number of aryl methyl sites for hydroxylation is 1. The summed E-state index contributed by atoms with van der Waals surface area (Å²) in [5.74, 6) is -1.27. The van der Waals surface area contributed by atoms with Crippen molar-refractivity contribution in [3.8, 4) is 5.75 Å². The van der Waals surface area contributed by atoms with Crippen LogP contribution in [0, 0.1) is 6.92 Å². The number of hydrogen-bond donors (Lipinski definition) is 2. The molecule has 6 nitrogen and oxygen atoms in total. The SMILES string of the molecule is CCCCCCOC(=O)C(C)NC(=O)c1nccc(C)c1O. The van der Waals surface area contributed by atoms with E-state index in [2.05, 4.69) is 17.2 Å². The Morgan fingerprint density at radius 2 is 2.09 bits per heavy atom. The summed E-state index contributed by atoms with van der Waals surface area (Å²) in [7, 11) is 0.